The van der Waals surface area contributed by atoms with Crippen LogP contribution in [0.3, 0.4) is 0 Å². The second-order valence-corrected chi connectivity index (χ2v) is 4.99. The Bertz CT molecular complexity index is 435. The Morgan fingerprint density at radius 2 is 2.06 bits per heavy atom. The van der Waals surface area contributed by atoms with Crippen molar-refractivity contribution >= 4 is 5.69 Å². The molecule has 3 rings (SSSR count). The monoisotopic (exact) mass is 249 g/mol. The van der Waals surface area contributed by atoms with Crippen molar-refractivity contribution < 1.29 is 14.6 Å². The van der Waals surface area contributed by atoms with E-state index >= 15 is 0 Å². The molecule has 1 fully saturated rings. The van der Waals surface area contributed by atoms with Crippen molar-refractivity contribution in [3.8, 4) is 11.5 Å². The first-order valence-electron chi connectivity index (χ1n) is 6.57. The van der Waals surface area contributed by atoms with Gasteiger partial charge in [0.2, 0.25) is 0 Å². The normalized spacial score (nSPS) is 26.4. The van der Waals surface area contributed by atoms with Gasteiger partial charge in [0.15, 0.2) is 11.5 Å². The minimum atomic E-state index is 0.266. The summed E-state index contributed by atoms with van der Waals surface area (Å²) < 4.78 is 11.1. The van der Waals surface area contributed by atoms with E-state index in [1.54, 1.807) is 0 Å². The number of rotatable bonds is 2. The number of benzene rings is 1. The van der Waals surface area contributed by atoms with Crippen molar-refractivity contribution in [3.63, 3.8) is 0 Å². The van der Waals surface area contributed by atoms with Crippen LogP contribution in [0.5, 0.6) is 11.5 Å². The van der Waals surface area contributed by atoms with E-state index in [0.29, 0.717) is 25.2 Å². The highest BCUT2D eigenvalue weighted by Gasteiger charge is 2.30. The lowest BCUT2D eigenvalue weighted by Gasteiger charge is -2.28. The summed E-state index contributed by atoms with van der Waals surface area (Å²) >= 11 is 0. The zero-order chi connectivity index (χ0) is 12.5. The molecule has 0 amide bonds. The van der Waals surface area contributed by atoms with E-state index in [0.717, 1.165) is 30.2 Å². The van der Waals surface area contributed by atoms with E-state index < -0.39 is 0 Å². The summed E-state index contributed by atoms with van der Waals surface area (Å²) in [5, 5.41) is 9.32. The van der Waals surface area contributed by atoms with Crippen LogP contribution in [0.4, 0.5) is 5.69 Å². The summed E-state index contributed by atoms with van der Waals surface area (Å²) in [5.41, 5.74) is 1.16. The van der Waals surface area contributed by atoms with Gasteiger partial charge in [0, 0.05) is 36.9 Å². The quantitative estimate of drug-likeness (QED) is 0.865. The third kappa shape index (κ3) is 1.90. The number of ether oxygens (including phenoxy) is 2. The highest BCUT2D eigenvalue weighted by molar-refractivity contribution is 5.58. The lowest BCUT2D eigenvalue weighted by molar-refractivity contribution is 0.171. The molecule has 0 aromatic heterocycles. The molecule has 2 unspecified atom stereocenters. The molecule has 2 heterocycles. The Morgan fingerprint density at radius 3 is 2.78 bits per heavy atom. The first kappa shape index (κ1) is 11.7. The summed E-state index contributed by atoms with van der Waals surface area (Å²) in [4.78, 5) is 2.33. The van der Waals surface area contributed by atoms with Gasteiger partial charge in [-0.15, -0.1) is 0 Å². The van der Waals surface area contributed by atoms with Gasteiger partial charge >= 0.3 is 0 Å². The standard InChI is InChI=1S/C14H19NO3/c1-10-11(9-16)4-5-15(10)12-2-3-13-14(8-12)18-7-6-17-13/h2-3,8,10-11,16H,4-7,9H2,1H3. The molecule has 0 spiro atoms. The van der Waals surface area contributed by atoms with Crippen LogP contribution in [0.2, 0.25) is 0 Å². The molecule has 4 nitrogen and oxygen atoms in total. The van der Waals surface area contributed by atoms with Gasteiger partial charge < -0.3 is 19.5 Å². The molecule has 1 saturated heterocycles. The van der Waals surface area contributed by atoms with Gasteiger partial charge in [-0.2, -0.15) is 0 Å². The van der Waals surface area contributed by atoms with E-state index in [2.05, 4.69) is 17.9 Å². The van der Waals surface area contributed by atoms with Crippen LogP contribution >= 0.6 is 0 Å². The topological polar surface area (TPSA) is 41.9 Å². The molecule has 98 valence electrons. The van der Waals surface area contributed by atoms with E-state index in [-0.39, 0.29) is 6.61 Å². The smallest absolute Gasteiger partial charge is 0.163 e. The maximum Gasteiger partial charge on any atom is 0.163 e. The molecule has 1 aromatic rings. The zero-order valence-corrected chi connectivity index (χ0v) is 10.6. The Hall–Kier alpha value is -1.42. The number of hydrogen-bond acceptors (Lipinski definition) is 4. The van der Waals surface area contributed by atoms with Crippen LogP contribution in [0.25, 0.3) is 0 Å². The highest BCUT2D eigenvalue weighted by Crippen LogP contribution is 2.37. The molecular formula is C14H19NO3. The molecule has 4 heteroatoms. The van der Waals surface area contributed by atoms with Crippen molar-refractivity contribution in [2.45, 2.75) is 19.4 Å². The number of fused-ring (bicyclic) bond motifs is 1. The molecule has 1 aromatic carbocycles. The molecule has 2 aliphatic rings. The minimum Gasteiger partial charge on any atom is -0.486 e. The second-order valence-electron chi connectivity index (χ2n) is 4.99. The van der Waals surface area contributed by atoms with Crippen molar-refractivity contribution in [1.82, 2.24) is 0 Å². The summed E-state index contributed by atoms with van der Waals surface area (Å²) in [6, 6.07) is 6.47. The van der Waals surface area contributed by atoms with Gasteiger partial charge in [-0.25, -0.2) is 0 Å². The molecule has 0 saturated carbocycles. The first-order valence-corrected chi connectivity index (χ1v) is 6.57. The average Bonchev–Trinajstić information content (AvgIpc) is 2.79. The Morgan fingerprint density at radius 1 is 1.28 bits per heavy atom. The van der Waals surface area contributed by atoms with Gasteiger partial charge in [-0.05, 0) is 25.5 Å². The molecule has 0 aliphatic carbocycles. The summed E-state index contributed by atoms with van der Waals surface area (Å²) in [6.45, 7) is 4.67. The Labute approximate surface area is 107 Å². The zero-order valence-electron chi connectivity index (χ0n) is 10.6. The van der Waals surface area contributed by atoms with Crippen LogP contribution < -0.4 is 14.4 Å². The maximum atomic E-state index is 9.32. The third-order valence-corrected chi connectivity index (χ3v) is 4.01. The molecule has 18 heavy (non-hydrogen) atoms. The van der Waals surface area contributed by atoms with Crippen LogP contribution in [-0.4, -0.2) is 37.5 Å². The molecule has 1 N–H and O–H groups in total. The predicted molar refractivity (Wildman–Crippen MR) is 69.4 cm³/mol. The van der Waals surface area contributed by atoms with Crippen LogP contribution in [0, 0.1) is 5.92 Å². The van der Waals surface area contributed by atoms with Crippen LogP contribution in [0.15, 0.2) is 18.2 Å². The average molecular weight is 249 g/mol. The van der Waals surface area contributed by atoms with Gasteiger partial charge in [0.1, 0.15) is 13.2 Å². The molecule has 2 atom stereocenters. The number of aliphatic hydroxyl groups excluding tert-OH is 1. The van der Waals surface area contributed by atoms with E-state index in [9.17, 15) is 5.11 Å². The molecule has 0 radical (unpaired) electrons. The number of hydrogen-bond donors (Lipinski definition) is 1. The van der Waals surface area contributed by atoms with Crippen molar-refractivity contribution in [3.05, 3.63) is 18.2 Å². The fourth-order valence-corrected chi connectivity index (χ4v) is 2.82. The lowest BCUT2D eigenvalue weighted by atomic mass is 10.0. The Kier molecular flexibility index (Phi) is 3.04. The molecule has 0 bridgehead atoms. The van der Waals surface area contributed by atoms with Crippen molar-refractivity contribution in [1.29, 1.82) is 0 Å². The van der Waals surface area contributed by atoms with E-state index in [1.165, 1.54) is 0 Å². The Balaban J connectivity index is 1.84. The summed E-state index contributed by atoms with van der Waals surface area (Å²) in [6.07, 6.45) is 1.05. The van der Waals surface area contributed by atoms with E-state index in [4.69, 9.17) is 9.47 Å². The van der Waals surface area contributed by atoms with Crippen LogP contribution in [-0.2, 0) is 0 Å². The van der Waals surface area contributed by atoms with Crippen molar-refractivity contribution in [2.75, 3.05) is 31.3 Å². The SMILES string of the molecule is CC1C(CO)CCN1c1ccc2c(c1)OCCO2. The third-order valence-electron chi connectivity index (χ3n) is 4.01. The second kappa shape index (κ2) is 4.69. The van der Waals surface area contributed by atoms with Gasteiger partial charge in [-0.3, -0.25) is 0 Å². The first-order chi connectivity index (χ1) is 8.79. The fourth-order valence-electron chi connectivity index (χ4n) is 2.82. The number of aliphatic hydroxyl groups is 1. The lowest BCUT2D eigenvalue weighted by Crippen LogP contribution is -2.31. The van der Waals surface area contributed by atoms with Gasteiger partial charge in [-0.1, -0.05) is 0 Å². The van der Waals surface area contributed by atoms with Gasteiger partial charge in [0.05, 0.1) is 0 Å². The van der Waals surface area contributed by atoms with Crippen LogP contribution in [0.1, 0.15) is 13.3 Å². The largest absolute Gasteiger partial charge is 0.486 e. The number of anilines is 1. The van der Waals surface area contributed by atoms with Crippen molar-refractivity contribution in [2.24, 2.45) is 5.92 Å². The molecule has 2 aliphatic heterocycles. The number of nitrogens with zero attached hydrogens (tertiary/aromatic N) is 1. The van der Waals surface area contributed by atoms with Gasteiger partial charge in [0.25, 0.3) is 0 Å². The molecular weight excluding hydrogens is 230 g/mol. The van der Waals surface area contributed by atoms with E-state index in [1.807, 2.05) is 12.1 Å². The fraction of sp³-hybridized carbons (Fsp3) is 0.571. The predicted octanol–water partition coefficient (Wildman–Crippen LogP) is 1.66. The summed E-state index contributed by atoms with van der Waals surface area (Å²) in [7, 11) is 0. The highest BCUT2D eigenvalue weighted by atomic mass is 16.6. The minimum absolute atomic E-state index is 0.266. The summed E-state index contributed by atoms with van der Waals surface area (Å²) in [5.74, 6) is 2.03. The maximum absolute atomic E-state index is 9.32.